The summed E-state index contributed by atoms with van der Waals surface area (Å²) in [4.78, 5) is 62.6. The fraction of sp³-hybridized carbons (Fsp3) is 0.179. The first-order chi connectivity index (χ1) is 17.9. The summed E-state index contributed by atoms with van der Waals surface area (Å²) in [6.45, 7) is -0.384. The van der Waals surface area contributed by atoms with Crippen LogP contribution in [0.5, 0.6) is 5.75 Å². The Morgan fingerprint density at radius 3 is 2.08 bits per heavy atom. The van der Waals surface area contributed by atoms with Crippen LogP contribution in [-0.2, 0) is 19.1 Å². The van der Waals surface area contributed by atoms with Gasteiger partial charge in [0.05, 0.1) is 24.2 Å². The number of Topliss-reactive ketones (excluding diaryl/α,β-unsaturated/α-hetero) is 1. The van der Waals surface area contributed by atoms with Crippen LogP contribution in [0.2, 0.25) is 0 Å². The fourth-order valence-corrected chi connectivity index (χ4v) is 3.80. The molecule has 3 aromatic carbocycles. The van der Waals surface area contributed by atoms with Gasteiger partial charge in [-0.25, -0.2) is 9.59 Å². The van der Waals surface area contributed by atoms with Gasteiger partial charge in [-0.05, 0) is 60.7 Å². The molecule has 1 fully saturated rings. The first-order valence-electron chi connectivity index (χ1n) is 11.4. The standard InChI is InChI=1S/C28H23NO8/c1-35-26(32)20-7-11-22(12-8-20)29-16-21(15-25(29)31)27(33)36-17-24(30)18-9-13-23(14-10-18)37-28(34)19-5-3-2-4-6-19/h2-14,21H,15-17H2,1H3/t21-/m0/s1. The predicted octanol–water partition coefficient (Wildman–Crippen LogP) is 3.47. The quantitative estimate of drug-likeness (QED) is 0.262. The third-order valence-corrected chi connectivity index (χ3v) is 5.80. The third kappa shape index (κ3) is 6.07. The van der Waals surface area contributed by atoms with Crippen LogP contribution in [0, 0.1) is 5.92 Å². The lowest BCUT2D eigenvalue weighted by molar-refractivity contribution is -0.147. The van der Waals surface area contributed by atoms with E-state index < -0.39 is 36.2 Å². The van der Waals surface area contributed by atoms with E-state index in [9.17, 15) is 24.0 Å². The molecule has 0 N–H and O–H groups in total. The summed E-state index contributed by atoms with van der Waals surface area (Å²) in [6, 6.07) is 20.7. The molecule has 9 nitrogen and oxygen atoms in total. The minimum atomic E-state index is -0.722. The number of ketones is 1. The lowest BCUT2D eigenvalue weighted by Crippen LogP contribution is -2.27. The molecule has 0 aliphatic carbocycles. The van der Waals surface area contributed by atoms with Crippen LogP contribution in [0.15, 0.2) is 78.9 Å². The van der Waals surface area contributed by atoms with Gasteiger partial charge in [-0.2, -0.15) is 0 Å². The minimum absolute atomic E-state index is 0.0484. The largest absolute Gasteiger partial charge is 0.465 e. The number of carbonyl (C=O) groups excluding carboxylic acids is 5. The Morgan fingerprint density at radius 2 is 1.43 bits per heavy atom. The first kappa shape index (κ1) is 25.3. The molecule has 0 aromatic heterocycles. The second-order valence-electron chi connectivity index (χ2n) is 8.25. The van der Waals surface area contributed by atoms with Gasteiger partial charge < -0.3 is 19.1 Å². The van der Waals surface area contributed by atoms with Gasteiger partial charge in [-0.15, -0.1) is 0 Å². The topological polar surface area (TPSA) is 116 Å². The van der Waals surface area contributed by atoms with Gasteiger partial charge in [0, 0.05) is 24.2 Å². The molecule has 0 bridgehead atoms. The number of nitrogens with zero attached hydrogens (tertiary/aromatic N) is 1. The highest BCUT2D eigenvalue weighted by Gasteiger charge is 2.36. The van der Waals surface area contributed by atoms with Gasteiger partial charge in [0.1, 0.15) is 5.75 Å². The number of hydrogen-bond donors (Lipinski definition) is 0. The van der Waals surface area contributed by atoms with E-state index in [1.165, 1.54) is 48.4 Å². The van der Waals surface area contributed by atoms with E-state index in [2.05, 4.69) is 4.74 Å². The second kappa shape index (κ2) is 11.3. The summed E-state index contributed by atoms with van der Waals surface area (Å²) in [7, 11) is 1.28. The molecule has 4 rings (SSSR count). The van der Waals surface area contributed by atoms with E-state index in [1.54, 1.807) is 42.5 Å². The van der Waals surface area contributed by atoms with Crippen LogP contribution in [0.25, 0.3) is 0 Å². The number of rotatable bonds is 8. The Bertz CT molecular complexity index is 1320. The highest BCUT2D eigenvalue weighted by atomic mass is 16.5. The van der Waals surface area contributed by atoms with Crippen LogP contribution in [0.1, 0.15) is 37.5 Å². The van der Waals surface area contributed by atoms with Gasteiger partial charge in [0.2, 0.25) is 5.91 Å². The van der Waals surface area contributed by atoms with Crippen molar-refractivity contribution in [1.29, 1.82) is 0 Å². The van der Waals surface area contributed by atoms with Crippen molar-refractivity contribution >= 4 is 35.3 Å². The summed E-state index contributed by atoms with van der Waals surface area (Å²) >= 11 is 0. The average molecular weight is 501 g/mol. The molecular formula is C28H23NO8. The summed E-state index contributed by atoms with van der Waals surface area (Å²) in [5, 5.41) is 0. The van der Waals surface area contributed by atoms with Crippen LogP contribution in [0.4, 0.5) is 5.69 Å². The molecule has 1 aliphatic heterocycles. The monoisotopic (exact) mass is 501 g/mol. The number of methoxy groups -OCH3 is 1. The van der Waals surface area contributed by atoms with Gasteiger partial charge in [-0.1, -0.05) is 18.2 Å². The lowest BCUT2D eigenvalue weighted by Gasteiger charge is -2.16. The van der Waals surface area contributed by atoms with Crippen molar-refractivity contribution in [1.82, 2.24) is 0 Å². The molecule has 3 aromatic rings. The van der Waals surface area contributed by atoms with Gasteiger partial charge in [0.15, 0.2) is 12.4 Å². The maximum atomic E-state index is 12.5. The third-order valence-electron chi connectivity index (χ3n) is 5.80. The van der Waals surface area contributed by atoms with Crippen molar-refractivity contribution in [2.75, 3.05) is 25.2 Å². The molecule has 188 valence electrons. The Morgan fingerprint density at radius 1 is 0.811 bits per heavy atom. The van der Waals surface area contributed by atoms with Crippen molar-refractivity contribution < 1.29 is 38.2 Å². The smallest absolute Gasteiger partial charge is 0.343 e. The lowest BCUT2D eigenvalue weighted by atomic mass is 10.1. The summed E-state index contributed by atoms with van der Waals surface area (Å²) in [6.07, 6.45) is -0.0484. The van der Waals surface area contributed by atoms with E-state index >= 15 is 0 Å². The molecule has 0 spiro atoms. The summed E-state index contributed by atoms with van der Waals surface area (Å²) in [5.74, 6) is -2.81. The molecule has 1 aliphatic rings. The SMILES string of the molecule is COC(=O)c1ccc(N2C[C@@H](C(=O)OCC(=O)c3ccc(OC(=O)c4ccccc4)cc3)CC2=O)cc1. The zero-order valence-electron chi connectivity index (χ0n) is 19.9. The maximum absolute atomic E-state index is 12.5. The van der Waals surface area contributed by atoms with Crippen molar-refractivity contribution in [3.63, 3.8) is 0 Å². The van der Waals surface area contributed by atoms with Crippen molar-refractivity contribution in [3.8, 4) is 5.75 Å². The normalized spacial score (nSPS) is 14.7. The highest BCUT2D eigenvalue weighted by Crippen LogP contribution is 2.26. The average Bonchev–Trinajstić information content (AvgIpc) is 3.33. The number of hydrogen-bond acceptors (Lipinski definition) is 8. The van der Waals surface area contributed by atoms with E-state index in [-0.39, 0.29) is 30.2 Å². The highest BCUT2D eigenvalue weighted by molar-refractivity contribution is 6.01. The zero-order valence-corrected chi connectivity index (χ0v) is 19.9. The summed E-state index contributed by atoms with van der Waals surface area (Å²) < 4.78 is 15.1. The van der Waals surface area contributed by atoms with Crippen LogP contribution in [-0.4, -0.2) is 49.9 Å². The molecule has 0 unspecified atom stereocenters. The number of carbonyl (C=O) groups is 5. The number of amides is 1. The Kier molecular flexibility index (Phi) is 7.73. The molecule has 1 amide bonds. The molecule has 9 heteroatoms. The molecular weight excluding hydrogens is 478 g/mol. The molecule has 1 saturated heterocycles. The number of benzene rings is 3. The molecule has 37 heavy (non-hydrogen) atoms. The first-order valence-corrected chi connectivity index (χ1v) is 11.4. The Labute approximate surface area is 212 Å². The molecule has 0 saturated carbocycles. The van der Waals surface area contributed by atoms with E-state index in [4.69, 9.17) is 9.47 Å². The number of esters is 3. The second-order valence-corrected chi connectivity index (χ2v) is 8.25. The molecule has 0 radical (unpaired) electrons. The summed E-state index contributed by atoms with van der Waals surface area (Å²) in [5.41, 5.74) is 1.56. The van der Waals surface area contributed by atoms with E-state index in [0.29, 0.717) is 16.8 Å². The number of ether oxygens (including phenoxy) is 3. The van der Waals surface area contributed by atoms with E-state index in [0.717, 1.165) is 0 Å². The van der Waals surface area contributed by atoms with Crippen LogP contribution < -0.4 is 9.64 Å². The van der Waals surface area contributed by atoms with Crippen LogP contribution in [0.3, 0.4) is 0 Å². The van der Waals surface area contributed by atoms with E-state index in [1.807, 2.05) is 0 Å². The Hall–Kier alpha value is -4.79. The van der Waals surface area contributed by atoms with Gasteiger partial charge in [0.25, 0.3) is 0 Å². The van der Waals surface area contributed by atoms with Crippen molar-refractivity contribution in [3.05, 3.63) is 95.6 Å². The number of anilines is 1. The van der Waals surface area contributed by atoms with Crippen molar-refractivity contribution in [2.24, 2.45) is 5.92 Å². The Balaban J connectivity index is 1.28. The molecule has 1 atom stereocenters. The van der Waals surface area contributed by atoms with Gasteiger partial charge in [-0.3, -0.25) is 14.4 Å². The molecule has 1 heterocycles. The zero-order chi connectivity index (χ0) is 26.4. The predicted molar refractivity (Wildman–Crippen MR) is 131 cm³/mol. The minimum Gasteiger partial charge on any atom is -0.465 e. The maximum Gasteiger partial charge on any atom is 0.343 e. The fourth-order valence-electron chi connectivity index (χ4n) is 3.80. The van der Waals surface area contributed by atoms with Gasteiger partial charge >= 0.3 is 17.9 Å². The van der Waals surface area contributed by atoms with Crippen molar-refractivity contribution in [2.45, 2.75) is 6.42 Å². The van der Waals surface area contributed by atoms with Crippen LogP contribution >= 0.6 is 0 Å².